The molecule has 0 aromatic heterocycles. The minimum Gasteiger partial charge on any atom is -0.456 e. The Morgan fingerprint density at radius 2 is 1.92 bits per heavy atom. The second-order valence-corrected chi connectivity index (χ2v) is 6.53. The van der Waals surface area contributed by atoms with Crippen molar-refractivity contribution in [3.05, 3.63) is 58.7 Å². The van der Waals surface area contributed by atoms with E-state index in [2.05, 4.69) is 5.32 Å². The Bertz CT molecular complexity index is 800. The fourth-order valence-corrected chi connectivity index (χ4v) is 3.51. The van der Waals surface area contributed by atoms with E-state index in [1.54, 1.807) is 0 Å². The average molecular weight is 339 g/mol. The first-order valence-electron chi connectivity index (χ1n) is 8.51. The Kier molecular flexibility index (Phi) is 4.09. The minimum atomic E-state index is -0.391. The molecule has 25 heavy (non-hydrogen) atoms. The monoisotopic (exact) mass is 339 g/mol. The van der Waals surface area contributed by atoms with Crippen molar-refractivity contribution in [2.75, 3.05) is 13.3 Å². The van der Waals surface area contributed by atoms with Gasteiger partial charge in [0.15, 0.2) is 11.5 Å². The number of ether oxygens (including phenoxy) is 3. The van der Waals surface area contributed by atoms with Crippen molar-refractivity contribution < 1.29 is 19.0 Å². The number of rotatable bonds is 3. The highest BCUT2D eigenvalue weighted by atomic mass is 16.7. The lowest BCUT2D eigenvalue weighted by Crippen LogP contribution is -2.35. The van der Waals surface area contributed by atoms with Gasteiger partial charge in [0.25, 0.3) is 0 Å². The number of benzene rings is 2. The summed E-state index contributed by atoms with van der Waals surface area (Å²) in [5.74, 6) is 1.25. The number of carbonyl (C=O) groups is 1. The van der Waals surface area contributed by atoms with Crippen LogP contribution in [0.4, 0.5) is 0 Å². The van der Waals surface area contributed by atoms with E-state index in [9.17, 15) is 4.79 Å². The first-order valence-corrected chi connectivity index (χ1v) is 8.51. The summed E-state index contributed by atoms with van der Waals surface area (Å²) in [5.41, 5.74) is 4.45. The highest BCUT2D eigenvalue weighted by molar-refractivity contribution is 5.66. The highest BCUT2D eigenvalue weighted by Crippen LogP contribution is 2.42. The van der Waals surface area contributed by atoms with Gasteiger partial charge in [-0.25, -0.2) is 0 Å². The van der Waals surface area contributed by atoms with Gasteiger partial charge in [-0.1, -0.05) is 29.8 Å². The number of hydrogen-bond acceptors (Lipinski definition) is 5. The van der Waals surface area contributed by atoms with E-state index in [0.717, 1.165) is 35.6 Å². The zero-order chi connectivity index (χ0) is 17.4. The van der Waals surface area contributed by atoms with Crippen LogP contribution >= 0.6 is 0 Å². The molecule has 130 valence electrons. The Balaban J connectivity index is 1.75. The lowest BCUT2D eigenvalue weighted by atomic mass is 9.87. The van der Waals surface area contributed by atoms with Crippen molar-refractivity contribution in [3.8, 4) is 11.5 Å². The van der Waals surface area contributed by atoms with E-state index in [1.807, 2.05) is 43.3 Å². The fourth-order valence-electron chi connectivity index (χ4n) is 3.51. The summed E-state index contributed by atoms with van der Waals surface area (Å²) in [6, 6.07) is 12.1. The third-order valence-electron chi connectivity index (χ3n) is 4.73. The second kappa shape index (κ2) is 6.41. The largest absolute Gasteiger partial charge is 0.456 e. The molecular formula is C20H21NO4. The SMILES string of the molecule is CC(=O)OC(c1ccc(C)cc1)C1NCCc2cc3c(cc21)OCO3. The van der Waals surface area contributed by atoms with E-state index < -0.39 is 6.10 Å². The van der Waals surface area contributed by atoms with Crippen LogP contribution in [0.15, 0.2) is 36.4 Å². The Morgan fingerprint density at radius 3 is 2.64 bits per heavy atom. The summed E-state index contributed by atoms with van der Waals surface area (Å²) >= 11 is 0. The van der Waals surface area contributed by atoms with Crippen LogP contribution in [0.25, 0.3) is 0 Å². The number of fused-ring (bicyclic) bond motifs is 2. The molecule has 0 fully saturated rings. The molecule has 4 rings (SSSR count). The Morgan fingerprint density at radius 1 is 1.20 bits per heavy atom. The van der Waals surface area contributed by atoms with Crippen LogP contribution in [0.1, 0.15) is 41.3 Å². The third kappa shape index (κ3) is 3.07. The van der Waals surface area contributed by atoms with Gasteiger partial charge in [-0.3, -0.25) is 4.79 Å². The third-order valence-corrected chi connectivity index (χ3v) is 4.73. The molecule has 2 aromatic carbocycles. The molecule has 2 aromatic rings. The number of hydrogen-bond donors (Lipinski definition) is 1. The predicted molar refractivity (Wildman–Crippen MR) is 92.7 cm³/mol. The maximum atomic E-state index is 11.7. The summed E-state index contributed by atoms with van der Waals surface area (Å²) in [6.45, 7) is 4.56. The molecule has 2 atom stereocenters. The molecule has 0 amide bonds. The minimum absolute atomic E-state index is 0.121. The van der Waals surface area contributed by atoms with Crippen molar-refractivity contribution in [3.63, 3.8) is 0 Å². The van der Waals surface area contributed by atoms with Crippen LogP contribution in [-0.2, 0) is 16.0 Å². The van der Waals surface area contributed by atoms with Crippen LogP contribution < -0.4 is 14.8 Å². The smallest absolute Gasteiger partial charge is 0.303 e. The van der Waals surface area contributed by atoms with Gasteiger partial charge in [0.2, 0.25) is 6.79 Å². The molecule has 2 unspecified atom stereocenters. The molecule has 1 N–H and O–H groups in total. The molecule has 5 heteroatoms. The lowest BCUT2D eigenvalue weighted by Gasteiger charge is -2.33. The maximum absolute atomic E-state index is 11.7. The van der Waals surface area contributed by atoms with E-state index in [4.69, 9.17) is 14.2 Å². The van der Waals surface area contributed by atoms with Crippen LogP contribution in [0.3, 0.4) is 0 Å². The number of esters is 1. The molecule has 0 radical (unpaired) electrons. The van der Waals surface area contributed by atoms with Crippen molar-refractivity contribution in [2.45, 2.75) is 32.4 Å². The van der Waals surface area contributed by atoms with E-state index in [-0.39, 0.29) is 18.8 Å². The summed E-state index contributed by atoms with van der Waals surface area (Å²) < 4.78 is 16.8. The quantitative estimate of drug-likeness (QED) is 0.870. The van der Waals surface area contributed by atoms with Crippen LogP contribution in [-0.4, -0.2) is 19.3 Å². The van der Waals surface area contributed by atoms with Gasteiger partial charge in [-0.2, -0.15) is 0 Å². The number of aryl methyl sites for hydroxylation is 1. The van der Waals surface area contributed by atoms with Gasteiger partial charge < -0.3 is 19.5 Å². The molecule has 0 spiro atoms. The van der Waals surface area contributed by atoms with E-state index in [0.29, 0.717) is 0 Å². The first kappa shape index (κ1) is 16.0. The van der Waals surface area contributed by atoms with Gasteiger partial charge in [0, 0.05) is 6.92 Å². The number of nitrogens with one attached hydrogen (secondary N) is 1. The maximum Gasteiger partial charge on any atom is 0.303 e. The summed E-state index contributed by atoms with van der Waals surface area (Å²) in [5, 5.41) is 3.51. The Hall–Kier alpha value is -2.53. The van der Waals surface area contributed by atoms with Gasteiger partial charge in [0.05, 0.1) is 6.04 Å². The highest BCUT2D eigenvalue weighted by Gasteiger charge is 2.33. The lowest BCUT2D eigenvalue weighted by molar-refractivity contribution is -0.148. The van der Waals surface area contributed by atoms with E-state index >= 15 is 0 Å². The van der Waals surface area contributed by atoms with E-state index in [1.165, 1.54) is 18.1 Å². The molecule has 0 saturated heterocycles. The summed E-state index contributed by atoms with van der Waals surface area (Å²) in [6.07, 6.45) is 0.515. The molecule has 0 saturated carbocycles. The molecule has 2 heterocycles. The average Bonchev–Trinajstić information content (AvgIpc) is 3.05. The van der Waals surface area contributed by atoms with Crippen LogP contribution in [0.2, 0.25) is 0 Å². The normalized spacial score (nSPS) is 19.2. The number of carbonyl (C=O) groups excluding carboxylic acids is 1. The second-order valence-electron chi connectivity index (χ2n) is 6.53. The standard InChI is InChI=1S/C20H21NO4/c1-12-3-5-14(6-4-12)20(25-13(2)22)19-16-10-18-17(23-11-24-18)9-15(16)7-8-21-19/h3-6,9-10,19-21H,7-8,11H2,1-2H3. The van der Waals surface area contributed by atoms with Crippen LogP contribution in [0.5, 0.6) is 11.5 Å². The predicted octanol–water partition coefficient (Wildman–Crippen LogP) is 3.21. The molecule has 0 aliphatic carbocycles. The summed E-state index contributed by atoms with van der Waals surface area (Å²) in [7, 11) is 0. The van der Waals surface area contributed by atoms with Crippen molar-refractivity contribution in [2.24, 2.45) is 0 Å². The van der Waals surface area contributed by atoms with Crippen molar-refractivity contribution >= 4 is 5.97 Å². The molecule has 2 aliphatic heterocycles. The van der Waals surface area contributed by atoms with Gasteiger partial charge in [-0.05, 0) is 48.7 Å². The van der Waals surface area contributed by atoms with Gasteiger partial charge >= 0.3 is 5.97 Å². The zero-order valence-corrected chi connectivity index (χ0v) is 14.4. The molecular weight excluding hydrogens is 318 g/mol. The molecule has 0 bridgehead atoms. The summed E-state index contributed by atoms with van der Waals surface area (Å²) in [4.78, 5) is 11.7. The van der Waals surface area contributed by atoms with Gasteiger partial charge in [0.1, 0.15) is 6.10 Å². The molecule has 2 aliphatic rings. The van der Waals surface area contributed by atoms with Crippen LogP contribution in [0, 0.1) is 6.92 Å². The molecule has 5 nitrogen and oxygen atoms in total. The fraction of sp³-hybridized carbons (Fsp3) is 0.350. The first-order chi connectivity index (χ1) is 12.1. The van der Waals surface area contributed by atoms with Crippen molar-refractivity contribution in [1.82, 2.24) is 5.32 Å². The Labute approximate surface area is 146 Å². The zero-order valence-electron chi connectivity index (χ0n) is 14.4. The van der Waals surface area contributed by atoms with Crippen molar-refractivity contribution in [1.29, 1.82) is 0 Å². The van der Waals surface area contributed by atoms with Gasteiger partial charge in [-0.15, -0.1) is 0 Å². The topological polar surface area (TPSA) is 56.8 Å².